The highest BCUT2D eigenvalue weighted by molar-refractivity contribution is 5.78. The van der Waals surface area contributed by atoms with Crippen molar-refractivity contribution in [3.8, 4) is 0 Å². The van der Waals surface area contributed by atoms with E-state index in [0.717, 1.165) is 63.4 Å². The molecule has 0 saturated carbocycles. The van der Waals surface area contributed by atoms with Gasteiger partial charge in [0, 0.05) is 38.8 Å². The van der Waals surface area contributed by atoms with Gasteiger partial charge in [-0.3, -0.25) is 14.6 Å². The minimum Gasteiger partial charge on any atom is -0.361 e. The predicted octanol–water partition coefficient (Wildman–Crippen LogP) is 2.29. The Kier molecular flexibility index (Phi) is 5.55. The molecule has 1 aromatic heterocycles. The highest BCUT2D eigenvalue weighted by atomic mass is 16.5. The average molecular weight is 368 g/mol. The van der Waals surface area contributed by atoms with Gasteiger partial charge in [0.1, 0.15) is 5.76 Å². The lowest BCUT2D eigenvalue weighted by molar-refractivity contribution is -0.123. The smallest absolute Gasteiger partial charge is 0.234 e. The summed E-state index contributed by atoms with van der Waals surface area (Å²) in [4.78, 5) is 17.2. The standard InChI is InChI=1S/C21H28N4O2/c1-16-13-18(23-27-16)14-24-9-11-25(12-10-24)15-21(26)22-20-8-4-6-17-5-2-3-7-19(17)20/h2-3,5,7,13,20H,4,6,8-12,14-15H2,1H3,(H,22,26)/t20-/m1/s1. The monoisotopic (exact) mass is 368 g/mol. The Balaban J connectivity index is 1.24. The van der Waals surface area contributed by atoms with E-state index < -0.39 is 0 Å². The molecular formula is C21H28N4O2. The second-order valence-electron chi connectivity index (χ2n) is 7.69. The zero-order valence-corrected chi connectivity index (χ0v) is 16.0. The van der Waals surface area contributed by atoms with Gasteiger partial charge in [0.15, 0.2) is 0 Å². The molecule has 6 nitrogen and oxygen atoms in total. The average Bonchev–Trinajstić information content (AvgIpc) is 3.08. The molecule has 4 rings (SSSR count). The lowest BCUT2D eigenvalue weighted by Crippen LogP contribution is -2.49. The van der Waals surface area contributed by atoms with Crippen LogP contribution in [-0.2, 0) is 17.8 Å². The molecule has 6 heteroatoms. The molecule has 1 saturated heterocycles. The molecule has 1 aromatic carbocycles. The third-order valence-corrected chi connectivity index (χ3v) is 5.60. The number of rotatable bonds is 5. The largest absolute Gasteiger partial charge is 0.361 e. The van der Waals surface area contributed by atoms with Crippen LogP contribution >= 0.6 is 0 Å². The van der Waals surface area contributed by atoms with Crippen LogP contribution in [-0.4, -0.2) is 53.6 Å². The summed E-state index contributed by atoms with van der Waals surface area (Å²) in [5, 5.41) is 7.33. The van der Waals surface area contributed by atoms with Crippen molar-refractivity contribution in [3.05, 3.63) is 52.9 Å². The molecule has 1 aliphatic carbocycles. The van der Waals surface area contributed by atoms with Gasteiger partial charge in [-0.2, -0.15) is 0 Å². The van der Waals surface area contributed by atoms with Gasteiger partial charge >= 0.3 is 0 Å². The topological polar surface area (TPSA) is 61.6 Å². The number of fused-ring (bicyclic) bond motifs is 1. The Hall–Kier alpha value is -2.18. The number of carbonyl (C=O) groups is 1. The Morgan fingerprint density at radius 2 is 2.00 bits per heavy atom. The van der Waals surface area contributed by atoms with E-state index in [1.165, 1.54) is 11.1 Å². The zero-order valence-electron chi connectivity index (χ0n) is 16.0. The van der Waals surface area contributed by atoms with Crippen LogP contribution < -0.4 is 5.32 Å². The second kappa shape index (κ2) is 8.23. The minimum atomic E-state index is 0.136. The van der Waals surface area contributed by atoms with Crippen LogP contribution in [0.5, 0.6) is 0 Å². The molecular weight excluding hydrogens is 340 g/mol. The third-order valence-electron chi connectivity index (χ3n) is 5.60. The highest BCUT2D eigenvalue weighted by Crippen LogP contribution is 2.29. The Morgan fingerprint density at radius 1 is 1.22 bits per heavy atom. The van der Waals surface area contributed by atoms with Gasteiger partial charge in [0.25, 0.3) is 0 Å². The van der Waals surface area contributed by atoms with Gasteiger partial charge in [0.2, 0.25) is 5.91 Å². The number of hydrogen-bond donors (Lipinski definition) is 1. The first-order valence-corrected chi connectivity index (χ1v) is 9.91. The fraction of sp³-hybridized carbons (Fsp3) is 0.524. The van der Waals surface area contributed by atoms with Gasteiger partial charge in [-0.15, -0.1) is 0 Å². The van der Waals surface area contributed by atoms with Crippen molar-refractivity contribution in [2.45, 2.75) is 38.8 Å². The van der Waals surface area contributed by atoms with Gasteiger partial charge in [0.05, 0.1) is 18.3 Å². The molecule has 27 heavy (non-hydrogen) atoms. The molecule has 144 valence electrons. The second-order valence-corrected chi connectivity index (χ2v) is 7.69. The van der Waals surface area contributed by atoms with E-state index in [1.807, 2.05) is 13.0 Å². The minimum absolute atomic E-state index is 0.136. The van der Waals surface area contributed by atoms with Gasteiger partial charge in [-0.25, -0.2) is 0 Å². The van der Waals surface area contributed by atoms with Crippen LogP contribution in [0, 0.1) is 6.92 Å². The van der Waals surface area contributed by atoms with Crippen LogP contribution in [0.2, 0.25) is 0 Å². The first kappa shape index (κ1) is 18.2. The van der Waals surface area contributed by atoms with E-state index >= 15 is 0 Å². The fourth-order valence-corrected chi connectivity index (χ4v) is 4.17. The number of nitrogens with zero attached hydrogens (tertiary/aromatic N) is 3. The number of piperazine rings is 1. The van der Waals surface area contributed by atoms with Crippen LogP contribution in [0.1, 0.15) is 41.5 Å². The van der Waals surface area contributed by atoms with Crippen molar-refractivity contribution < 1.29 is 9.32 Å². The SMILES string of the molecule is Cc1cc(CN2CCN(CC(=O)N[C@@H]3CCCc4ccccc43)CC2)no1. The van der Waals surface area contributed by atoms with Crippen molar-refractivity contribution in [2.75, 3.05) is 32.7 Å². The Bertz CT molecular complexity index is 780. The van der Waals surface area contributed by atoms with Crippen LogP contribution in [0.3, 0.4) is 0 Å². The number of nitrogens with one attached hydrogen (secondary N) is 1. The first-order chi connectivity index (χ1) is 13.2. The molecule has 2 heterocycles. The third kappa shape index (κ3) is 4.57. The number of aryl methyl sites for hydroxylation is 2. The molecule has 2 aromatic rings. The molecule has 1 amide bonds. The van der Waals surface area contributed by atoms with E-state index in [9.17, 15) is 4.79 Å². The summed E-state index contributed by atoms with van der Waals surface area (Å²) in [6.07, 6.45) is 3.30. The highest BCUT2D eigenvalue weighted by Gasteiger charge is 2.24. The molecule has 1 fully saturated rings. The number of amides is 1. The lowest BCUT2D eigenvalue weighted by Gasteiger charge is -2.34. The Labute approximate surface area is 160 Å². The van der Waals surface area contributed by atoms with E-state index in [-0.39, 0.29) is 11.9 Å². The van der Waals surface area contributed by atoms with Gasteiger partial charge in [-0.1, -0.05) is 29.4 Å². The number of hydrogen-bond acceptors (Lipinski definition) is 5. The number of aromatic nitrogens is 1. The molecule has 2 aliphatic rings. The number of carbonyl (C=O) groups excluding carboxylic acids is 1. The fourth-order valence-electron chi connectivity index (χ4n) is 4.17. The zero-order chi connectivity index (χ0) is 18.6. The summed E-state index contributed by atoms with van der Waals surface area (Å²) in [7, 11) is 0. The summed E-state index contributed by atoms with van der Waals surface area (Å²) in [5.74, 6) is 0.988. The first-order valence-electron chi connectivity index (χ1n) is 9.91. The van der Waals surface area contributed by atoms with Gasteiger partial charge in [-0.05, 0) is 37.3 Å². The van der Waals surface area contributed by atoms with Crippen LogP contribution in [0.25, 0.3) is 0 Å². The van der Waals surface area contributed by atoms with Crippen molar-refractivity contribution in [1.82, 2.24) is 20.3 Å². The summed E-state index contributed by atoms with van der Waals surface area (Å²) < 4.78 is 5.14. The quantitative estimate of drug-likeness (QED) is 0.877. The van der Waals surface area contributed by atoms with E-state index in [0.29, 0.717) is 6.54 Å². The summed E-state index contributed by atoms with van der Waals surface area (Å²) in [6.45, 7) is 6.93. The molecule has 0 unspecified atom stereocenters. The van der Waals surface area contributed by atoms with E-state index in [1.54, 1.807) is 0 Å². The normalized spacial score (nSPS) is 21.0. The molecule has 0 radical (unpaired) electrons. The maximum atomic E-state index is 12.6. The van der Waals surface area contributed by atoms with E-state index in [4.69, 9.17) is 4.52 Å². The molecule has 0 spiro atoms. The van der Waals surface area contributed by atoms with Gasteiger partial charge < -0.3 is 9.84 Å². The summed E-state index contributed by atoms with van der Waals surface area (Å²) in [5.41, 5.74) is 3.66. The van der Waals surface area contributed by atoms with E-state index in [2.05, 4.69) is 44.5 Å². The molecule has 0 bridgehead atoms. The van der Waals surface area contributed by atoms with Crippen molar-refractivity contribution in [2.24, 2.45) is 0 Å². The Morgan fingerprint density at radius 3 is 2.78 bits per heavy atom. The van der Waals surface area contributed by atoms with Crippen LogP contribution in [0.15, 0.2) is 34.9 Å². The predicted molar refractivity (Wildman–Crippen MR) is 103 cm³/mol. The molecule has 1 N–H and O–H groups in total. The molecule has 1 atom stereocenters. The summed E-state index contributed by atoms with van der Waals surface area (Å²) >= 11 is 0. The number of benzene rings is 1. The van der Waals surface area contributed by atoms with Crippen LogP contribution in [0.4, 0.5) is 0 Å². The molecule has 1 aliphatic heterocycles. The van der Waals surface area contributed by atoms with Crippen molar-refractivity contribution >= 4 is 5.91 Å². The van der Waals surface area contributed by atoms with Crippen molar-refractivity contribution in [3.63, 3.8) is 0 Å². The van der Waals surface area contributed by atoms with Crippen molar-refractivity contribution in [1.29, 1.82) is 0 Å². The lowest BCUT2D eigenvalue weighted by atomic mass is 9.88. The summed E-state index contributed by atoms with van der Waals surface area (Å²) in [6, 6.07) is 10.6. The maximum Gasteiger partial charge on any atom is 0.234 e. The maximum absolute atomic E-state index is 12.6.